The number of nitrogens with zero attached hydrogens (tertiary/aromatic N) is 3. The molecule has 0 N–H and O–H groups in total. The fraction of sp³-hybridized carbons (Fsp3) is 0.111. The largest absolute Gasteiger partial charge is 0.236 e. The van der Waals surface area contributed by atoms with E-state index in [1.54, 1.807) is 0 Å². The van der Waals surface area contributed by atoms with Gasteiger partial charge < -0.3 is 0 Å². The third kappa shape index (κ3) is 1.90. The maximum Gasteiger partial charge on any atom is 0.157 e. The molecule has 0 spiro atoms. The van der Waals surface area contributed by atoms with Crippen molar-refractivity contribution in [1.29, 1.82) is 0 Å². The molecule has 0 amide bonds. The Morgan fingerprint density at radius 1 is 1.00 bits per heavy atom. The Labute approximate surface area is 133 Å². The summed E-state index contributed by atoms with van der Waals surface area (Å²) >= 11 is 6.38. The van der Waals surface area contributed by atoms with Gasteiger partial charge in [-0.25, -0.2) is 9.67 Å². The average molecular weight is 308 g/mol. The molecule has 0 atom stereocenters. The number of hydrogen-bond donors (Lipinski definition) is 0. The molecule has 2 aromatic carbocycles. The molecule has 0 fully saturated rings. The molecule has 22 heavy (non-hydrogen) atoms. The van der Waals surface area contributed by atoms with Gasteiger partial charge in [0.05, 0.1) is 16.9 Å². The Kier molecular flexibility index (Phi) is 3.09. The third-order valence-corrected chi connectivity index (χ3v) is 4.17. The van der Waals surface area contributed by atoms with E-state index in [-0.39, 0.29) is 0 Å². The molecule has 0 aliphatic carbocycles. The topological polar surface area (TPSA) is 30.7 Å². The van der Waals surface area contributed by atoms with E-state index in [2.05, 4.69) is 30.1 Å². The van der Waals surface area contributed by atoms with Crippen molar-refractivity contribution in [3.05, 3.63) is 65.4 Å². The van der Waals surface area contributed by atoms with E-state index in [9.17, 15) is 0 Å². The first-order valence-electron chi connectivity index (χ1n) is 7.31. The van der Waals surface area contributed by atoms with Gasteiger partial charge in [0.15, 0.2) is 5.15 Å². The molecule has 0 unspecified atom stereocenters. The maximum absolute atomic E-state index is 6.38. The van der Waals surface area contributed by atoms with Crippen LogP contribution in [0.3, 0.4) is 0 Å². The fourth-order valence-corrected chi connectivity index (χ4v) is 3.15. The van der Waals surface area contributed by atoms with Gasteiger partial charge in [-0.15, -0.1) is 0 Å². The van der Waals surface area contributed by atoms with E-state index < -0.39 is 0 Å². The molecule has 4 rings (SSSR count). The van der Waals surface area contributed by atoms with E-state index in [1.807, 2.05) is 41.1 Å². The number of pyridine rings is 1. The van der Waals surface area contributed by atoms with Crippen LogP contribution in [0.15, 0.2) is 54.6 Å². The Morgan fingerprint density at radius 2 is 1.73 bits per heavy atom. The van der Waals surface area contributed by atoms with Gasteiger partial charge in [-0.3, -0.25) is 0 Å². The van der Waals surface area contributed by atoms with Gasteiger partial charge in [0.1, 0.15) is 5.52 Å². The van der Waals surface area contributed by atoms with Crippen molar-refractivity contribution in [2.45, 2.75) is 13.3 Å². The molecular formula is C18H14ClN3. The lowest BCUT2D eigenvalue weighted by molar-refractivity contribution is 0.826. The minimum atomic E-state index is 0.457. The zero-order chi connectivity index (χ0) is 15.1. The van der Waals surface area contributed by atoms with Crippen molar-refractivity contribution in [2.75, 3.05) is 0 Å². The van der Waals surface area contributed by atoms with Gasteiger partial charge >= 0.3 is 0 Å². The van der Waals surface area contributed by atoms with Crippen molar-refractivity contribution in [3.8, 4) is 5.69 Å². The fourth-order valence-electron chi connectivity index (χ4n) is 2.93. The van der Waals surface area contributed by atoms with Crippen LogP contribution in [0.5, 0.6) is 0 Å². The molecule has 0 bridgehead atoms. The van der Waals surface area contributed by atoms with Gasteiger partial charge in [0.25, 0.3) is 0 Å². The zero-order valence-corrected chi connectivity index (χ0v) is 12.9. The quantitative estimate of drug-likeness (QED) is 0.498. The first-order valence-corrected chi connectivity index (χ1v) is 7.68. The predicted molar refractivity (Wildman–Crippen MR) is 90.8 cm³/mol. The smallest absolute Gasteiger partial charge is 0.157 e. The number of para-hydroxylation sites is 2. The monoisotopic (exact) mass is 307 g/mol. The second kappa shape index (κ2) is 5.11. The van der Waals surface area contributed by atoms with Crippen LogP contribution in [0.1, 0.15) is 12.6 Å². The summed E-state index contributed by atoms with van der Waals surface area (Å²) in [5.74, 6) is 0. The molecule has 3 nitrogen and oxygen atoms in total. The number of halogens is 1. The summed E-state index contributed by atoms with van der Waals surface area (Å²) in [4.78, 5) is 4.48. The van der Waals surface area contributed by atoms with Gasteiger partial charge in [0.2, 0.25) is 0 Å². The normalized spacial score (nSPS) is 11.4. The molecule has 4 heteroatoms. The first kappa shape index (κ1) is 13.3. The second-order valence-corrected chi connectivity index (χ2v) is 5.55. The van der Waals surface area contributed by atoms with Gasteiger partial charge in [-0.2, -0.15) is 5.10 Å². The van der Waals surface area contributed by atoms with Crippen LogP contribution in [-0.4, -0.2) is 14.8 Å². The Hall–Kier alpha value is -2.39. The van der Waals surface area contributed by atoms with Crippen LogP contribution in [0.25, 0.3) is 27.5 Å². The summed E-state index contributed by atoms with van der Waals surface area (Å²) in [6, 6.07) is 18.2. The zero-order valence-electron chi connectivity index (χ0n) is 12.1. The van der Waals surface area contributed by atoms with Crippen LogP contribution in [0.2, 0.25) is 5.15 Å². The summed E-state index contributed by atoms with van der Waals surface area (Å²) in [6.45, 7) is 2.14. The van der Waals surface area contributed by atoms with Crippen molar-refractivity contribution >= 4 is 33.4 Å². The Balaban J connectivity index is 2.17. The minimum Gasteiger partial charge on any atom is -0.236 e. The van der Waals surface area contributed by atoms with Gasteiger partial charge in [-0.1, -0.05) is 54.9 Å². The van der Waals surface area contributed by atoms with E-state index in [0.29, 0.717) is 5.15 Å². The molecule has 2 aromatic heterocycles. The number of rotatable bonds is 2. The first-order chi connectivity index (χ1) is 10.8. The summed E-state index contributed by atoms with van der Waals surface area (Å²) in [5, 5.41) is 7.38. The Bertz CT molecular complexity index is 974. The summed E-state index contributed by atoms with van der Waals surface area (Å²) < 4.78 is 1.98. The van der Waals surface area contributed by atoms with E-state index in [4.69, 9.17) is 16.7 Å². The molecule has 0 saturated carbocycles. The number of aryl methyl sites for hydroxylation is 1. The van der Waals surface area contributed by atoms with Crippen molar-refractivity contribution < 1.29 is 0 Å². The maximum atomic E-state index is 6.38. The van der Waals surface area contributed by atoms with E-state index >= 15 is 0 Å². The molecule has 0 aliphatic heterocycles. The molecule has 108 valence electrons. The van der Waals surface area contributed by atoms with Crippen molar-refractivity contribution in [3.63, 3.8) is 0 Å². The number of hydrogen-bond acceptors (Lipinski definition) is 2. The highest BCUT2D eigenvalue weighted by atomic mass is 35.5. The Morgan fingerprint density at radius 3 is 2.50 bits per heavy atom. The third-order valence-electron chi connectivity index (χ3n) is 3.90. The summed E-state index contributed by atoms with van der Waals surface area (Å²) in [7, 11) is 0. The number of aromatic nitrogens is 3. The predicted octanol–water partition coefficient (Wildman–Crippen LogP) is 4.79. The van der Waals surface area contributed by atoms with Crippen LogP contribution >= 0.6 is 11.6 Å². The van der Waals surface area contributed by atoms with Crippen LogP contribution in [0, 0.1) is 0 Å². The highest BCUT2D eigenvalue weighted by Gasteiger charge is 2.17. The molecule has 0 saturated heterocycles. The van der Waals surface area contributed by atoms with Gasteiger partial charge in [0, 0.05) is 10.8 Å². The van der Waals surface area contributed by atoms with E-state index in [0.717, 1.165) is 39.6 Å². The van der Waals surface area contributed by atoms with Crippen LogP contribution in [-0.2, 0) is 6.42 Å². The SMILES string of the molecule is CCc1c2c(nn1-c1ccccc1)c(Cl)nc1ccccc12. The second-order valence-electron chi connectivity index (χ2n) is 5.19. The molecule has 0 radical (unpaired) electrons. The highest BCUT2D eigenvalue weighted by Crippen LogP contribution is 2.32. The van der Waals surface area contributed by atoms with Crippen LogP contribution < -0.4 is 0 Å². The average Bonchev–Trinajstić information content (AvgIpc) is 2.96. The van der Waals surface area contributed by atoms with E-state index in [1.165, 1.54) is 0 Å². The lowest BCUT2D eigenvalue weighted by Crippen LogP contribution is -2.00. The summed E-state index contributed by atoms with van der Waals surface area (Å²) in [5.41, 5.74) is 3.86. The highest BCUT2D eigenvalue weighted by molar-refractivity contribution is 6.35. The van der Waals surface area contributed by atoms with Gasteiger partial charge in [-0.05, 0) is 24.6 Å². The molecule has 0 aliphatic rings. The standard InChI is InChI=1S/C18H14ClN3/c1-2-15-16-13-10-6-7-11-14(13)20-18(19)17(16)21-22(15)12-8-4-3-5-9-12/h3-11H,2H2,1H3. The summed E-state index contributed by atoms with van der Waals surface area (Å²) in [6.07, 6.45) is 0.871. The van der Waals surface area contributed by atoms with Crippen molar-refractivity contribution in [1.82, 2.24) is 14.8 Å². The van der Waals surface area contributed by atoms with Crippen molar-refractivity contribution in [2.24, 2.45) is 0 Å². The van der Waals surface area contributed by atoms with Crippen LogP contribution in [0.4, 0.5) is 0 Å². The molecular weight excluding hydrogens is 294 g/mol. The molecule has 4 aromatic rings. The number of benzene rings is 2. The lowest BCUT2D eigenvalue weighted by Gasteiger charge is -2.06. The molecule has 2 heterocycles. The lowest BCUT2D eigenvalue weighted by atomic mass is 10.1. The minimum absolute atomic E-state index is 0.457. The number of fused-ring (bicyclic) bond motifs is 3.